The van der Waals surface area contributed by atoms with E-state index in [-0.39, 0.29) is 5.91 Å². The van der Waals surface area contributed by atoms with Crippen molar-refractivity contribution in [2.24, 2.45) is 0 Å². The highest BCUT2D eigenvalue weighted by molar-refractivity contribution is 7.14. The SMILES string of the molecule is CCOc1ccc(-c2csc(NC(=O)C=Cc3ccccc3OCC)n2)cc1. The third-order valence-electron chi connectivity index (χ3n) is 3.83. The second-order valence-corrected chi connectivity index (χ2v) is 6.65. The normalized spacial score (nSPS) is 10.8. The standard InChI is InChI=1S/C22H22N2O3S/c1-3-26-18-12-9-16(10-13-18)19-15-28-22(23-19)24-21(25)14-11-17-7-5-6-8-20(17)27-4-2/h5-15H,3-4H2,1-2H3,(H,23,24,25). The summed E-state index contributed by atoms with van der Waals surface area (Å²) in [4.78, 5) is 16.7. The van der Waals surface area contributed by atoms with Crippen LogP contribution in [0.2, 0.25) is 0 Å². The molecule has 1 N–H and O–H groups in total. The molecule has 0 aliphatic rings. The number of hydrogen-bond donors (Lipinski definition) is 1. The Morgan fingerprint density at radius 2 is 1.82 bits per heavy atom. The molecular formula is C22H22N2O3S. The Bertz CT molecular complexity index is 948. The zero-order valence-electron chi connectivity index (χ0n) is 15.8. The summed E-state index contributed by atoms with van der Waals surface area (Å²) in [7, 11) is 0. The number of nitrogens with zero attached hydrogens (tertiary/aromatic N) is 1. The molecule has 1 heterocycles. The Morgan fingerprint density at radius 3 is 2.57 bits per heavy atom. The van der Waals surface area contributed by atoms with Gasteiger partial charge in [0.25, 0.3) is 0 Å². The molecule has 1 aromatic heterocycles. The van der Waals surface area contributed by atoms with Crippen LogP contribution in [0.4, 0.5) is 5.13 Å². The predicted octanol–water partition coefficient (Wildman–Crippen LogP) is 5.26. The third-order valence-corrected chi connectivity index (χ3v) is 4.59. The van der Waals surface area contributed by atoms with Gasteiger partial charge in [0.1, 0.15) is 11.5 Å². The molecule has 0 aliphatic heterocycles. The summed E-state index contributed by atoms with van der Waals surface area (Å²) >= 11 is 1.39. The van der Waals surface area contributed by atoms with Gasteiger partial charge in [-0.3, -0.25) is 10.1 Å². The first-order chi connectivity index (χ1) is 13.7. The summed E-state index contributed by atoms with van der Waals surface area (Å²) in [5.74, 6) is 1.34. The molecule has 1 amide bonds. The molecule has 28 heavy (non-hydrogen) atoms. The lowest BCUT2D eigenvalue weighted by Gasteiger charge is -2.06. The Hall–Kier alpha value is -3.12. The smallest absolute Gasteiger partial charge is 0.250 e. The third kappa shape index (κ3) is 5.20. The molecule has 0 radical (unpaired) electrons. The van der Waals surface area contributed by atoms with Gasteiger partial charge in [0.15, 0.2) is 5.13 Å². The van der Waals surface area contributed by atoms with E-state index in [0.29, 0.717) is 18.3 Å². The fraction of sp³-hybridized carbons (Fsp3) is 0.182. The fourth-order valence-corrected chi connectivity index (χ4v) is 3.29. The maximum Gasteiger partial charge on any atom is 0.250 e. The van der Waals surface area contributed by atoms with E-state index in [4.69, 9.17) is 9.47 Å². The molecule has 0 fully saturated rings. The molecule has 0 unspecified atom stereocenters. The second-order valence-electron chi connectivity index (χ2n) is 5.79. The summed E-state index contributed by atoms with van der Waals surface area (Å²) in [6, 6.07) is 15.3. The summed E-state index contributed by atoms with van der Waals surface area (Å²) in [6.45, 7) is 5.09. The number of thiazole rings is 1. The molecule has 0 saturated heterocycles. The Balaban J connectivity index is 1.64. The van der Waals surface area contributed by atoms with Crippen LogP contribution in [-0.2, 0) is 4.79 Å². The maximum atomic E-state index is 12.2. The molecule has 0 atom stereocenters. The van der Waals surface area contributed by atoms with Crippen molar-refractivity contribution in [3.05, 3.63) is 65.6 Å². The fourth-order valence-electron chi connectivity index (χ4n) is 2.57. The average Bonchev–Trinajstić information content (AvgIpc) is 3.17. The van der Waals surface area contributed by atoms with Crippen molar-refractivity contribution < 1.29 is 14.3 Å². The minimum absolute atomic E-state index is 0.237. The number of benzene rings is 2. The van der Waals surface area contributed by atoms with Gasteiger partial charge < -0.3 is 9.47 Å². The van der Waals surface area contributed by atoms with Gasteiger partial charge in [-0.1, -0.05) is 18.2 Å². The van der Waals surface area contributed by atoms with E-state index in [2.05, 4.69) is 10.3 Å². The highest BCUT2D eigenvalue weighted by atomic mass is 32.1. The molecule has 5 nitrogen and oxygen atoms in total. The minimum atomic E-state index is -0.237. The minimum Gasteiger partial charge on any atom is -0.494 e. The molecule has 3 rings (SSSR count). The van der Waals surface area contributed by atoms with Crippen molar-refractivity contribution in [2.45, 2.75) is 13.8 Å². The second kappa shape index (κ2) is 9.71. The summed E-state index contributed by atoms with van der Waals surface area (Å²) in [5.41, 5.74) is 2.64. The summed E-state index contributed by atoms with van der Waals surface area (Å²) < 4.78 is 11.0. The lowest BCUT2D eigenvalue weighted by atomic mass is 10.2. The largest absolute Gasteiger partial charge is 0.494 e. The number of nitrogens with one attached hydrogen (secondary N) is 1. The van der Waals surface area contributed by atoms with E-state index in [1.807, 2.05) is 67.8 Å². The predicted molar refractivity (Wildman–Crippen MR) is 114 cm³/mol. The number of aromatic nitrogens is 1. The highest BCUT2D eigenvalue weighted by Crippen LogP contribution is 2.26. The Morgan fingerprint density at radius 1 is 1.07 bits per heavy atom. The number of ether oxygens (including phenoxy) is 2. The van der Waals surface area contributed by atoms with Gasteiger partial charge in [-0.2, -0.15) is 0 Å². The van der Waals surface area contributed by atoms with Gasteiger partial charge in [0.05, 0.1) is 18.9 Å². The van der Waals surface area contributed by atoms with E-state index in [0.717, 1.165) is 28.3 Å². The molecule has 0 spiro atoms. The zero-order valence-corrected chi connectivity index (χ0v) is 16.7. The zero-order chi connectivity index (χ0) is 19.8. The molecule has 144 valence electrons. The molecule has 2 aromatic carbocycles. The first kappa shape index (κ1) is 19.6. The Labute approximate surface area is 168 Å². The van der Waals surface area contributed by atoms with Crippen LogP contribution < -0.4 is 14.8 Å². The van der Waals surface area contributed by atoms with E-state index in [1.54, 1.807) is 6.08 Å². The quantitative estimate of drug-likeness (QED) is 0.530. The number of anilines is 1. The Kier molecular flexibility index (Phi) is 6.81. The van der Waals surface area contributed by atoms with E-state index < -0.39 is 0 Å². The molecule has 6 heteroatoms. The monoisotopic (exact) mass is 394 g/mol. The van der Waals surface area contributed by atoms with Crippen LogP contribution in [0.25, 0.3) is 17.3 Å². The molecule has 0 bridgehead atoms. The van der Waals surface area contributed by atoms with Crippen molar-refractivity contribution in [2.75, 3.05) is 18.5 Å². The number of para-hydroxylation sites is 1. The van der Waals surface area contributed by atoms with Crippen molar-refractivity contribution in [3.8, 4) is 22.8 Å². The van der Waals surface area contributed by atoms with Crippen molar-refractivity contribution in [1.82, 2.24) is 4.98 Å². The van der Waals surface area contributed by atoms with E-state index in [9.17, 15) is 4.79 Å². The number of carbonyl (C=O) groups excluding carboxylic acids is 1. The van der Waals surface area contributed by atoms with E-state index in [1.165, 1.54) is 17.4 Å². The number of rotatable bonds is 8. The number of carbonyl (C=O) groups is 1. The van der Waals surface area contributed by atoms with Crippen LogP contribution in [0.15, 0.2) is 60.0 Å². The number of hydrogen-bond acceptors (Lipinski definition) is 5. The van der Waals surface area contributed by atoms with Crippen LogP contribution in [0, 0.1) is 0 Å². The van der Waals surface area contributed by atoms with E-state index >= 15 is 0 Å². The topological polar surface area (TPSA) is 60.5 Å². The van der Waals surface area contributed by atoms with Crippen molar-refractivity contribution >= 4 is 28.5 Å². The van der Waals surface area contributed by atoms with Gasteiger partial charge in [0.2, 0.25) is 5.91 Å². The molecule has 0 saturated carbocycles. The van der Waals surface area contributed by atoms with Gasteiger partial charge in [-0.05, 0) is 50.3 Å². The van der Waals surface area contributed by atoms with Crippen LogP contribution in [0.3, 0.4) is 0 Å². The van der Waals surface area contributed by atoms with Crippen molar-refractivity contribution in [3.63, 3.8) is 0 Å². The average molecular weight is 394 g/mol. The highest BCUT2D eigenvalue weighted by Gasteiger charge is 2.07. The van der Waals surface area contributed by atoms with Crippen LogP contribution in [0.1, 0.15) is 19.4 Å². The number of amides is 1. The van der Waals surface area contributed by atoms with Crippen LogP contribution >= 0.6 is 11.3 Å². The lowest BCUT2D eigenvalue weighted by Crippen LogP contribution is -2.07. The first-order valence-electron chi connectivity index (χ1n) is 9.09. The summed E-state index contributed by atoms with van der Waals surface area (Å²) in [6.07, 6.45) is 3.22. The van der Waals surface area contributed by atoms with Gasteiger partial charge in [-0.15, -0.1) is 11.3 Å². The molecule has 3 aromatic rings. The van der Waals surface area contributed by atoms with Crippen molar-refractivity contribution in [1.29, 1.82) is 0 Å². The first-order valence-corrected chi connectivity index (χ1v) is 9.97. The molecular weight excluding hydrogens is 372 g/mol. The van der Waals surface area contributed by atoms with Crippen LogP contribution in [-0.4, -0.2) is 24.1 Å². The maximum absolute atomic E-state index is 12.2. The van der Waals surface area contributed by atoms with Crippen LogP contribution in [0.5, 0.6) is 11.5 Å². The summed E-state index contributed by atoms with van der Waals surface area (Å²) in [5, 5.41) is 5.27. The van der Waals surface area contributed by atoms with Gasteiger partial charge in [0, 0.05) is 22.6 Å². The van der Waals surface area contributed by atoms with Gasteiger partial charge >= 0.3 is 0 Å². The lowest BCUT2D eigenvalue weighted by molar-refractivity contribution is -0.111. The van der Waals surface area contributed by atoms with Gasteiger partial charge in [-0.25, -0.2) is 4.98 Å². The molecule has 0 aliphatic carbocycles.